The number of fused-ring (bicyclic) bond motifs is 1. The Morgan fingerprint density at radius 3 is 2.44 bits per heavy atom. The van der Waals surface area contributed by atoms with Gasteiger partial charge in [-0.05, 0) is 36.2 Å². The summed E-state index contributed by atoms with van der Waals surface area (Å²) in [5, 5.41) is 12.6. The maximum atomic E-state index is 10.3. The third-order valence-corrected chi connectivity index (χ3v) is 3.40. The molecule has 0 aliphatic carbocycles. The number of aliphatic hydroxyl groups is 1. The third kappa shape index (κ3) is 2.89. The molecule has 0 saturated heterocycles. The van der Waals surface area contributed by atoms with E-state index in [9.17, 15) is 5.11 Å². The van der Waals surface area contributed by atoms with E-state index in [2.05, 4.69) is 12.1 Å². The number of ether oxygens (including phenoxy) is 1. The molecule has 0 aromatic heterocycles. The maximum absolute atomic E-state index is 10.3. The molecule has 2 aromatic rings. The van der Waals surface area contributed by atoms with Crippen LogP contribution in [0, 0.1) is 0 Å². The van der Waals surface area contributed by atoms with Crippen LogP contribution >= 0.6 is 0 Å². The minimum Gasteiger partial charge on any atom is -0.388 e. The van der Waals surface area contributed by atoms with Crippen molar-refractivity contribution >= 4 is 10.8 Å². The molecular weight excluding hydrogens is 224 g/mol. The number of hydrogen-bond donors (Lipinski definition) is 1. The van der Waals surface area contributed by atoms with E-state index in [0.717, 1.165) is 10.9 Å². The van der Waals surface area contributed by atoms with Crippen LogP contribution in [-0.2, 0) is 4.74 Å². The van der Waals surface area contributed by atoms with Crippen molar-refractivity contribution in [3.8, 4) is 0 Å². The number of aliphatic hydroxyl groups excluding tert-OH is 1. The maximum Gasteiger partial charge on any atom is 0.0817 e. The Balaban J connectivity index is 2.25. The zero-order chi connectivity index (χ0) is 13.2. The van der Waals surface area contributed by atoms with E-state index in [4.69, 9.17) is 4.74 Å². The minimum absolute atomic E-state index is 0.314. The Bertz CT molecular complexity index is 531. The quantitative estimate of drug-likeness (QED) is 0.888. The molecule has 0 saturated carbocycles. The predicted octanol–water partition coefficient (Wildman–Crippen LogP) is 3.69. The lowest BCUT2D eigenvalue weighted by atomic mass is 9.94. The molecule has 18 heavy (non-hydrogen) atoms. The summed E-state index contributed by atoms with van der Waals surface area (Å²) in [6.07, 6.45) is 0.0894. The van der Waals surface area contributed by atoms with Gasteiger partial charge in [-0.15, -0.1) is 0 Å². The highest BCUT2D eigenvalue weighted by atomic mass is 16.5. The fraction of sp³-hybridized carbons (Fsp3) is 0.375. The first-order valence-electron chi connectivity index (χ1n) is 6.24. The number of methoxy groups -OCH3 is 1. The van der Waals surface area contributed by atoms with Gasteiger partial charge >= 0.3 is 0 Å². The van der Waals surface area contributed by atoms with Crippen LogP contribution < -0.4 is 0 Å². The van der Waals surface area contributed by atoms with Crippen LogP contribution in [-0.4, -0.2) is 17.8 Å². The lowest BCUT2D eigenvalue weighted by Gasteiger charge is -2.26. The van der Waals surface area contributed by atoms with E-state index >= 15 is 0 Å². The van der Waals surface area contributed by atoms with Crippen molar-refractivity contribution in [3.63, 3.8) is 0 Å². The average molecular weight is 244 g/mol. The smallest absolute Gasteiger partial charge is 0.0817 e. The zero-order valence-corrected chi connectivity index (χ0v) is 11.2. The van der Waals surface area contributed by atoms with E-state index in [0.29, 0.717) is 6.42 Å². The van der Waals surface area contributed by atoms with Crippen molar-refractivity contribution < 1.29 is 9.84 Å². The summed E-state index contributed by atoms with van der Waals surface area (Å²) in [5.41, 5.74) is 0.629. The molecule has 2 aromatic carbocycles. The second-order valence-electron chi connectivity index (χ2n) is 5.29. The van der Waals surface area contributed by atoms with E-state index in [-0.39, 0.29) is 5.60 Å². The Morgan fingerprint density at radius 1 is 1.11 bits per heavy atom. The summed E-state index contributed by atoms with van der Waals surface area (Å²) < 4.78 is 5.36. The highest BCUT2D eigenvalue weighted by Crippen LogP contribution is 2.27. The SMILES string of the molecule is COC(C)(C)CC(O)c1ccc2ccccc2c1. The standard InChI is InChI=1S/C16H20O2/c1-16(2,18-3)11-15(17)14-9-8-12-6-4-5-7-13(12)10-14/h4-10,15,17H,11H2,1-3H3. The van der Waals surface area contributed by atoms with Crippen molar-refractivity contribution in [2.24, 2.45) is 0 Å². The molecule has 2 rings (SSSR count). The summed E-state index contributed by atoms with van der Waals surface area (Å²) >= 11 is 0. The number of benzene rings is 2. The second kappa shape index (κ2) is 5.09. The molecule has 0 aliphatic heterocycles. The molecule has 0 amide bonds. The van der Waals surface area contributed by atoms with Crippen LogP contribution in [0.4, 0.5) is 0 Å². The van der Waals surface area contributed by atoms with Gasteiger partial charge in [0.05, 0.1) is 11.7 Å². The van der Waals surface area contributed by atoms with Crippen LogP contribution in [0.3, 0.4) is 0 Å². The van der Waals surface area contributed by atoms with Crippen molar-refractivity contribution in [1.82, 2.24) is 0 Å². The molecule has 0 heterocycles. The molecule has 1 atom stereocenters. The van der Waals surface area contributed by atoms with Gasteiger partial charge in [0.1, 0.15) is 0 Å². The zero-order valence-electron chi connectivity index (χ0n) is 11.2. The first-order valence-corrected chi connectivity index (χ1v) is 6.24. The molecule has 1 unspecified atom stereocenters. The van der Waals surface area contributed by atoms with E-state index < -0.39 is 6.10 Å². The molecule has 0 radical (unpaired) electrons. The molecule has 0 fully saturated rings. The molecule has 96 valence electrons. The Hall–Kier alpha value is -1.38. The number of rotatable bonds is 4. The van der Waals surface area contributed by atoms with Crippen LogP contribution in [0.5, 0.6) is 0 Å². The van der Waals surface area contributed by atoms with Gasteiger partial charge in [-0.1, -0.05) is 36.4 Å². The Morgan fingerprint density at radius 2 is 1.78 bits per heavy atom. The number of hydrogen-bond acceptors (Lipinski definition) is 2. The fourth-order valence-electron chi connectivity index (χ4n) is 2.08. The van der Waals surface area contributed by atoms with Gasteiger partial charge in [-0.25, -0.2) is 0 Å². The Kier molecular flexibility index (Phi) is 3.69. The van der Waals surface area contributed by atoms with Gasteiger partial charge < -0.3 is 9.84 Å². The van der Waals surface area contributed by atoms with Crippen LogP contribution in [0.25, 0.3) is 10.8 Å². The highest BCUT2D eigenvalue weighted by molar-refractivity contribution is 5.83. The molecule has 1 N–H and O–H groups in total. The second-order valence-corrected chi connectivity index (χ2v) is 5.29. The highest BCUT2D eigenvalue weighted by Gasteiger charge is 2.22. The van der Waals surface area contributed by atoms with Gasteiger partial charge in [-0.2, -0.15) is 0 Å². The van der Waals surface area contributed by atoms with Crippen LogP contribution in [0.15, 0.2) is 42.5 Å². The first kappa shape index (κ1) is 13.1. The van der Waals surface area contributed by atoms with Gasteiger partial charge in [-0.3, -0.25) is 0 Å². The molecule has 0 bridgehead atoms. The normalized spacial score (nSPS) is 13.8. The predicted molar refractivity (Wildman–Crippen MR) is 74.6 cm³/mol. The monoisotopic (exact) mass is 244 g/mol. The molecule has 2 nitrogen and oxygen atoms in total. The van der Waals surface area contributed by atoms with Crippen LogP contribution in [0.1, 0.15) is 31.9 Å². The van der Waals surface area contributed by atoms with E-state index in [1.165, 1.54) is 5.39 Å². The largest absolute Gasteiger partial charge is 0.388 e. The topological polar surface area (TPSA) is 29.5 Å². The third-order valence-electron chi connectivity index (χ3n) is 3.40. The summed E-state index contributed by atoms with van der Waals surface area (Å²) in [5.74, 6) is 0. The van der Waals surface area contributed by atoms with E-state index in [1.807, 2.05) is 44.2 Å². The Labute approximate surface area is 108 Å². The summed E-state index contributed by atoms with van der Waals surface area (Å²) in [4.78, 5) is 0. The minimum atomic E-state index is -0.496. The molecule has 0 spiro atoms. The van der Waals surface area contributed by atoms with Gasteiger partial charge in [0.25, 0.3) is 0 Å². The lowest BCUT2D eigenvalue weighted by Crippen LogP contribution is -2.25. The van der Waals surface area contributed by atoms with Crippen molar-refractivity contribution in [1.29, 1.82) is 0 Å². The molecule has 0 aliphatic rings. The first-order chi connectivity index (χ1) is 8.52. The molecule has 2 heteroatoms. The van der Waals surface area contributed by atoms with Gasteiger partial charge in [0.15, 0.2) is 0 Å². The summed E-state index contributed by atoms with van der Waals surface area (Å²) in [7, 11) is 1.67. The average Bonchev–Trinajstić information content (AvgIpc) is 2.37. The summed E-state index contributed by atoms with van der Waals surface area (Å²) in [6.45, 7) is 3.97. The van der Waals surface area contributed by atoms with Crippen molar-refractivity contribution in [2.75, 3.05) is 7.11 Å². The van der Waals surface area contributed by atoms with E-state index in [1.54, 1.807) is 7.11 Å². The molecular formula is C16H20O2. The van der Waals surface area contributed by atoms with Crippen LogP contribution in [0.2, 0.25) is 0 Å². The lowest BCUT2D eigenvalue weighted by molar-refractivity contribution is -0.0200. The van der Waals surface area contributed by atoms with Gasteiger partial charge in [0, 0.05) is 13.5 Å². The summed E-state index contributed by atoms with van der Waals surface area (Å²) in [6, 6.07) is 14.2. The van der Waals surface area contributed by atoms with Crippen molar-refractivity contribution in [2.45, 2.75) is 32.0 Å². The van der Waals surface area contributed by atoms with Gasteiger partial charge in [0.2, 0.25) is 0 Å². The van der Waals surface area contributed by atoms with Crippen molar-refractivity contribution in [3.05, 3.63) is 48.0 Å². The fourth-order valence-corrected chi connectivity index (χ4v) is 2.08.